The summed E-state index contributed by atoms with van der Waals surface area (Å²) in [7, 11) is 0. The van der Waals surface area contributed by atoms with E-state index in [1.165, 1.54) is 10.5 Å². The maximum absolute atomic E-state index is 13.1. The summed E-state index contributed by atoms with van der Waals surface area (Å²) in [6.07, 6.45) is 0. The second-order valence-electron chi connectivity index (χ2n) is 7.23. The van der Waals surface area contributed by atoms with E-state index in [0.717, 1.165) is 48.2 Å². The van der Waals surface area contributed by atoms with Crippen LogP contribution in [0.4, 0.5) is 5.13 Å². The van der Waals surface area contributed by atoms with Crippen LogP contribution < -0.4 is 14.5 Å². The first-order valence-corrected chi connectivity index (χ1v) is 10.8. The summed E-state index contributed by atoms with van der Waals surface area (Å²) >= 11 is 1.56. The summed E-state index contributed by atoms with van der Waals surface area (Å²) in [5, 5.41) is 0.736. The molecule has 0 saturated carbocycles. The summed E-state index contributed by atoms with van der Waals surface area (Å²) in [6, 6.07) is 15.6. The maximum Gasteiger partial charge on any atom is 0.266 e. The number of nitrogens with one attached hydrogen (secondary N) is 1. The fourth-order valence-electron chi connectivity index (χ4n) is 3.38. The van der Waals surface area contributed by atoms with E-state index in [0.29, 0.717) is 12.3 Å². The molecule has 0 unspecified atom stereocenters. The van der Waals surface area contributed by atoms with Crippen LogP contribution >= 0.6 is 11.3 Å². The van der Waals surface area contributed by atoms with Crippen LogP contribution in [0.2, 0.25) is 0 Å². The first-order chi connectivity index (χ1) is 14.2. The molecule has 0 spiro atoms. The highest BCUT2D eigenvalue weighted by atomic mass is 32.1. The van der Waals surface area contributed by atoms with E-state index >= 15 is 0 Å². The Labute approximate surface area is 174 Å². The minimum Gasteiger partial charge on any atom is -0.484 e. The lowest BCUT2D eigenvalue weighted by molar-refractivity contribution is -0.906. The lowest BCUT2D eigenvalue weighted by Crippen LogP contribution is -3.14. The van der Waals surface area contributed by atoms with Gasteiger partial charge in [-0.3, -0.25) is 9.69 Å². The van der Waals surface area contributed by atoms with E-state index in [2.05, 4.69) is 13.0 Å². The average Bonchev–Trinajstić information content (AvgIpc) is 3.16. The van der Waals surface area contributed by atoms with Crippen LogP contribution in [0.15, 0.2) is 48.5 Å². The van der Waals surface area contributed by atoms with Gasteiger partial charge in [-0.05, 0) is 36.8 Å². The van der Waals surface area contributed by atoms with Crippen LogP contribution in [0.5, 0.6) is 5.75 Å². The van der Waals surface area contributed by atoms with Gasteiger partial charge in [0.2, 0.25) is 0 Å². The standard InChI is InChI=1S/C22H25N3O3S/c1-17-7-8-19-20(15-17)29-22(23-19)25(10-9-24-11-13-27-14-12-24)21(26)16-28-18-5-3-2-4-6-18/h2-8,15H,9-14,16H2,1H3/p+1. The molecule has 1 aliphatic heterocycles. The number of carbonyl (C=O) groups excluding carboxylic acids is 1. The number of carbonyl (C=O) groups is 1. The molecule has 2 aromatic carbocycles. The van der Waals surface area contributed by atoms with Gasteiger partial charge in [-0.2, -0.15) is 0 Å². The Morgan fingerprint density at radius 1 is 1.21 bits per heavy atom. The lowest BCUT2D eigenvalue weighted by atomic mass is 10.2. The molecule has 0 bridgehead atoms. The first kappa shape index (κ1) is 19.8. The number of aromatic nitrogens is 1. The highest BCUT2D eigenvalue weighted by Crippen LogP contribution is 2.29. The topological polar surface area (TPSA) is 56.1 Å². The van der Waals surface area contributed by atoms with Gasteiger partial charge in [0.25, 0.3) is 5.91 Å². The Kier molecular flexibility index (Phi) is 6.39. The van der Waals surface area contributed by atoms with E-state index in [9.17, 15) is 4.79 Å². The van der Waals surface area contributed by atoms with Crippen molar-refractivity contribution in [3.05, 3.63) is 54.1 Å². The number of aryl methyl sites for hydroxylation is 1. The van der Waals surface area contributed by atoms with Gasteiger partial charge in [-0.25, -0.2) is 4.98 Å². The molecule has 1 amide bonds. The number of anilines is 1. The maximum atomic E-state index is 13.1. The summed E-state index contributed by atoms with van der Waals surface area (Å²) in [6.45, 7) is 7.06. The highest BCUT2D eigenvalue weighted by molar-refractivity contribution is 7.22. The van der Waals surface area contributed by atoms with Crippen molar-refractivity contribution >= 4 is 32.6 Å². The normalized spacial score (nSPS) is 14.8. The van der Waals surface area contributed by atoms with Crippen LogP contribution in [0.25, 0.3) is 10.2 Å². The zero-order valence-corrected chi connectivity index (χ0v) is 17.4. The van der Waals surface area contributed by atoms with Crippen molar-refractivity contribution in [1.82, 2.24) is 4.98 Å². The average molecular weight is 413 g/mol. The lowest BCUT2D eigenvalue weighted by Gasteiger charge is -2.26. The zero-order valence-electron chi connectivity index (χ0n) is 16.6. The van der Waals surface area contributed by atoms with Gasteiger partial charge in [0, 0.05) is 0 Å². The number of ether oxygens (including phenoxy) is 2. The van der Waals surface area contributed by atoms with Crippen molar-refractivity contribution in [3.8, 4) is 5.75 Å². The molecule has 152 valence electrons. The van der Waals surface area contributed by atoms with Crippen molar-refractivity contribution in [2.75, 3.05) is 50.9 Å². The summed E-state index contributed by atoms with van der Waals surface area (Å²) < 4.78 is 12.3. The number of thiazole rings is 1. The number of para-hydroxylation sites is 1. The molecule has 4 rings (SSSR count). The van der Waals surface area contributed by atoms with E-state index in [-0.39, 0.29) is 12.5 Å². The second-order valence-corrected chi connectivity index (χ2v) is 8.24. The van der Waals surface area contributed by atoms with Gasteiger partial charge in [0.1, 0.15) is 18.8 Å². The third kappa shape index (κ3) is 5.12. The number of morpholine rings is 1. The molecule has 0 atom stereocenters. The van der Waals surface area contributed by atoms with Crippen molar-refractivity contribution in [2.45, 2.75) is 6.92 Å². The van der Waals surface area contributed by atoms with Gasteiger partial charge >= 0.3 is 0 Å². The molecular weight excluding hydrogens is 386 g/mol. The number of hydrogen-bond acceptors (Lipinski definition) is 5. The minimum absolute atomic E-state index is 0.00257. The van der Waals surface area contributed by atoms with Gasteiger partial charge in [0.15, 0.2) is 11.7 Å². The monoisotopic (exact) mass is 412 g/mol. The molecule has 1 aliphatic rings. The molecule has 29 heavy (non-hydrogen) atoms. The molecule has 1 fully saturated rings. The summed E-state index contributed by atoms with van der Waals surface area (Å²) in [4.78, 5) is 21.0. The Morgan fingerprint density at radius 3 is 2.79 bits per heavy atom. The van der Waals surface area contributed by atoms with Crippen molar-refractivity contribution in [2.24, 2.45) is 0 Å². The fourth-order valence-corrected chi connectivity index (χ4v) is 4.49. The Morgan fingerprint density at radius 2 is 2.00 bits per heavy atom. The molecule has 0 radical (unpaired) electrons. The SMILES string of the molecule is Cc1ccc2nc(N(CC[NH+]3CCOCC3)C(=O)COc3ccccc3)sc2c1. The number of hydrogen-bond donors (Lipinski definition) is 1. The number of quaternary nitrogens is 1. The van der Waals surface area contributed by atoms with Gasteiger partial charge < -0.3 is 14.4 Å². The third-order valence-corrected chi connectivity index (χ3v) is 6.10. The molecule has 1 aromatic heterocycles. The predicted molar refractivity (Wildman–Crippen MR) is 115 cm³/mol. The largest absolute Gasteiger partial charge is 0.484 e. The number of benzene rings is 2. The number of fused-ring (bicyclic) bond motifs is 1. The molecule has 0 aliphatic carbocycles. The van der Waals surface area contributed by atoms with Crippen LogP contribution in [0, 0.1) is 6.92 Å². The van der Waals surface area contributed by atoms with E-state index in [1.54, 1.807) is 16.2 Å². The van der Waals surface area contributed by atoms with Crippen molar-refractivity contribution < 1.29 is 19.2 Å². The fraction of sp³-hybridized carbons (Fsp3) is 0.364. The van der Waals surface area contributed by atoms with E-state index in [4.69, 9.17) is 14.5 Å². The molecule has 2 heterocycles. The zero-order chi connectivity index (χ0) is 20.1. The number of amides is 1. The van der Waals surface area contributed by atoms with Gasteiger partial charge in [-0.15, -0.1) is 0 Å². The Hall–Kier alpha value is -2.48. The summed E-state index contributed by atoms with van der Waals surface area (Å²) in [5.74, 6) is 0.622. The van der Waals surface area contributed by atoms with E-state index < -0.39 is 0 Å². The second kappa shape index (κ2) is 9.35. The molecule has 1 N–H and O–H groups in total. The van der Waals surface area contributed by atoms with Crippen molar-refractivity contribution in [3.63, 3.8) is 0 Å². The van der Waals surface area contributed by atoms with Crippen LogP contribution in [0.3, 0.4) is 0 Å². The Bertz CT molecular complexity index is 954. The van der Waals surface area contributed by atoms with Crippen LogP contribution in [-0.2, 0) is 9.53 Å². The minimum atomic E-state index is -0.0720. The highest BCUT2D eigenvalue weighted by Gasteiger charge is 2.23. The smallest absolute Gasteiger partial charge is 0.266 e. The molecule has 6 nitrogen and oxygen atoms in total. The van der Waals surface area contributed by atoms with Gasteiger partial charge in [-0.1, -0.05) is 35.6 Å². The molecule has 7 heteroatoms. The van der Waals surface area contributed by atoms with Crippen LogP contribution in [0.1, 0.15) is 5.56 Å². The first-order valence-electron chi connectivity index (χ1n) is 9.96. The van der Waals surface area contributed by atoms with Crippen molar-refractivity contribution in [1.29, 1.82) is 0 Å². The Balaban J connectivity index is 1.51. The summed E-state index contributed by atoms with van der Waals surface area (Å²) in [5.41, 5.74) is 2.12. The van der Waals surface area contributed by atoms with Gasteiger partial charge in [0.05, 0.1) is 36.5 Å². The number of rotatable bonds is 7. The number of nitrogens with zero attached hydrogens (tertiary/aromatic N) is 2. The molecule has 1 saturated heterocycles. The third-order valence-electron chi connectivity index (χ3n) is 5.06. The molecular formula is C22H26N3O3S+. The van der Waals surface area contributed by atoms with E-state index in [1.807, 2.05) is 42.5 Å². The quantitative estimate of drug-likeness (QED) is 0.644. The van der Waals surface area contributed by atoms with Crippen LogP contribution in [-0.4, -0.2) is 56.9 Å². The predicted octanol–water partition coefficient (Wildman–Crippen LogP) is 1.93. The molecule has 3 aromatic rings.